The second-order valence-electron chi connectivity index (χ2n) is 3.60. The van der Waals surface area contributed by atoms with Crippen LogP contribution in [-0.4, -0.2) is 16.7 Å². The van der Waals surface area contributed by atoms with E-state index >= 15 is 0 Å². The monoisotopic (exact) mass is 213 g/mol. The number of hydrogen-bond acceptors (Lipinski definition) is 2. The van der Waals surface area contributed by atoms with Crippen molar-refractivity contribution in [3.63, 3.8) is 0 Å². The van der Waals surface area contributed by atoms with E-state index in [4.69, 9.17) is 0 Å². The predicted octanol–water partition coefficient (Wildman–Crippen LogP) is 2.01. The quantitative estimate of drug-likeness (QED) is 0.790. The number of hydrogen-bond donors (Lipinski definition) is 1. The molecule has 2 rings (SSSR count). The van der Waals surface area contributed by atoms with Gasteiger partial charge in [-0.15, -0.1) is 11.8 Å². The van der Waals surface area contributed by atoms with E-state index in [0.717, 1.165) is 11.9 Å². The summed E-state index contributed by atoms with van der Waals surface area (Å²) in [4.78, 5) is 0. The summed E-state index contributed by atoms with van der Waals surface area (Å²) in [5, 5.41) is 7.60. The largest absolute Gasteiger partial charge is 0.312 e. The van der Waals surface area contributed by atoms with Crippen LogP contribution < -0.4 is 5.32 Å². The molecule has 0 amide bonds. The Labute approximate surface area is 95.5 Å². The molecule has 0 aliphatic heterocycles. The molecule has 82 valence electrons. The zero-order valence-electron chi connectivity index (χ0n) is 9.57. The van der Waals surface area contributed by atoms with Gasteiger partial charge in [-0.05, 0) is 26.1 Å². The SMILES string of the molecule is CC#CCC(NC)c1cnn2ccccc12. The third kappa shape index (κ3) is 1.93. The standard InChI is InChI=1S/C13H15N3/c1-3-4-7-12(14-2)11-10-15-16-9-6-5-8-13(11)16/h5-6,8-10,12,14H,7H2,1-2H3. The number of pyridine rings is 1. The summed E-state index contributed by atoms with van der Waals surface area (Å²) in [5.74, 6) is 6.03. The maximum Gasteiger partial charge on any atom is 0.0709 e. The predicted molar refractivity (Wildman–Crippen MR) is 65.1 cm³/mol. The molecule has 0 aliphatic carbocycles. The van der Waals surface area contributed by atoms with E-state index in [9.17, 15) is 0 Å². The van der Waals surface area contributed by atoms with Gasteiger partial charge < -0.3 is 5.32 Å². The van der Waals surface area contributed by atoms with Gasteiger partial charge >= 0.3 is 0 Å². The van der Waals surface area contributed by atoms with Gasteiger partial charge in [0.1, 0.15) is 0 Å². The average Bonchev–Trinajstić information content (AvgIpc) is 2.75. The molecule has 2 aromatic rings. The molecule has 0 bridgehead atoms. The number of aromatic nitrogens is 2. The topological polar surface area (TPSA) is 29.3 Å². The van der Waals surface area contributed by atoms with Crippen LogP contribution in [0.2, 0.25) is 0 Å². The second-order valence-corrected chi connectivity index (χ2v) is 3.60. The van der Waals surface area contributed by atoms with Gasteiger partial charge in [0.05, 0.1) is 11.7 Å². The van der Waals surface area contributed by atoms with Crippen LogP contribution in [0.3, 0.4) is 0 Å². The highest BCUT2D eigenvalue weighted by atomic mass is 15.2. The Balaban J connectivity index is 2.39. The first-order valence-corrected chi connectivity index (χ1v) is 5.36. The molecule has 16 heavy (non-hydrogen) atoms. The van der Waals surface area contributed by atoms with Gasteiger partial charge in [-0.2, -0.15) is 5.10 Å². The lowest BCUT2D eigenvalue weighted by Gasteiger charge is -2.11. The molecular weight excluding hydrogens is 198 g/mol. The van der Waals surface area contributed by atoms with E-state index in [2.05, 4.69) is 28.3 Å². The van der Waals surface area contributed by atoms with Gasteiger partial charge in [0.2, 0.25) is 0 Å². The molecule has 0 saturated heterocycles. The summed E-state index contributed by atoms with van der Waals surface area (Å²) in [6.45, 7) is 1.86. The van der Waals surface area contributed by atoms with Crippen molar-refractivity contribution in [2.45, 2.75) is 19.4 Å². The molecule has 2 heterocycles. The zero-order valence-corrected chi connectivity index (χ0v) is 9.57. The molecule has 0 fully saturated rings. The first-order chi connectivity index (χ1) is 7.86. The van der Waals surface area contributed by atoms with E-state index in [-0.39, 0.29) is 6.04 Å². The third-order valence-corrected chi connectivity index (χ3v) is 2.66. The Morgan fingerprint density at radius 2 is 2.38 bits per heavy atom. The fraction of sp³-hybridized carbons (Fsp3) is 0.308. The molecule has 0 aromatic carbocycles. The smallest absolute Gasteiger partial charge is 0.0709 e. The minimum absolute atomic E-state index is 0.243. The maximum atomic E-state index is 4.32. The molecule has 3 nitrogen and oxygen atoms in total. The highest BCUT2D eigenvalue weighted by Gasteiger charge is 2.12. The summed E-state index contributed by atoms with van der Waals surface area (Å²) in [7, 11) is 1.95. The molecule has 3 heteroatoms. The minimum Gasteiger partial charge on any atom is -0.312 e. The molecule has 0 saturated carbocycles. The van der Waals surface area contributed by atoms with Crippen molar-refractivity contribution in [2.75, 3.05) is 7.05 Å². The molecule has 2 aromatic heterocycles. The number of rotatable bonds is 3. The van der Waals surface area contributed by atoms with Gasteiger partial charge in [0, 0.05) is 24.2 Å². The first-order valence-electron chi connectivity index (χ1n) is 5.36. The van der Waals surface area contributed by atoms with Crippen LogP contribution in [0, 0.1) is 11.8 Å². The summed E-state index contributed by atoms with van der Waals surface area (Å²) in [6, 6.07) is 6.32. The highest BCUT2D eigenvalue weighted by Crippen LogP contribution is 2.20. The zero-order chi connectivity index (χ0) is 11.4. The Kier molecular flexibility index (Phi) is 3.23. The van der Waals surface area contributed by atoms with Crippen molar-refractivity contribution in [1.29, 1.82) is 0 Å². The van der Waals surface area contributed by atoms with E-state index in [1.807, 2.05) is 43.0 Å². The van der Waals surface area contributed by atoms with E-state index < -0.39 is 0 Å². The van der Waals surface area contributed by atoms with Crippen LogP contribution in [0.25, 0.3) is 5.52 Å². The lowest BCUT2D eigenvalue weighted by molar-refractivity contribution is 0.615. The van der Waals surface area contributed by atoms with Crippen LogP contribution in [-0.2, 0) is 0 Å². The first kappa shape index (κ1) is 10.7. The summed E-state index contributed by atoms with van der Waals surface area (Å²) in [6.07, 6.45) is 4.67. The van der Waals surface area contributed by atoms with Gasteiger partial charge in [-0.1, -0.05) is 6.07 Å². The average molecular weight is 213 g/mol. The normalized spacial score (nSPS) is 12.1. The van der Waals surface area contributed by atoms with Crippen molar-refractivity contribution in [3.05, 3.63) is 36.2 Å². The number of nitrogens with one attached hydrogen (secondary N) is 1. The number of nitrogens with zero attached hydrogens (tertiary/aromatic N) is 2. The maximum absolute atomic E-state index is 4.32. The Bertz CT molecular complexity index is 531. The molecule has 1 unspecified atom stereocenters. The van der Waals surface area contributed by atoms with Crippen molar-refractivity contribution < 1.29 is 0 Å². The minimum atomic E-state index is 0.243. The van der Waals surface area contributed by atoms with Gasteiger partial charge in [0.15, 0.2) is 0 Å². The molecular formula is C13H15N3. The van der Waals surface area contributed by atoms with Gasteiger partial charge in [-0.25, -0.2) is 4.52 Å². The van der Waals surface area contributed by atoms with Crippen molar-refractivity contribution in [3.8, 4) is 11.8 Å². The molecule has 0 spiro atoms. The lowest BCUT2D eigenvalue weighted by atomic mass is 10.1. The van der Waals surface area contributed by atoms with Crippen LogP contribution in [0.15, 0.2) is 30.6 Å². The molecule has 1 atom stereocenters. The van der Waals surface area contributed by atoms with E-state index in [1.54, 1.807) is 0 Å². The Morgan fingerprint density at radius 3 is 3.12 bits per heavy atom. The van der Waals surface area contributed by atoms with E-state index in [0.29, 0.717) is 0 Å². The van der Waals surface area contributed by atoms with Crippen molar-refractivity contribution >= 4 is 5.52 Å². The Hall–Kier alpha value is -1.79. The van der Waals surface area contributed by atoms with Crippen LogP contribution in [0.5, 0.6) is 0 Å². The lowest BCUT2D eigenvalue weighted by Crippen LogP contribution is -2.15. The summed E-state index contributed by atoms with van der Waals surface area (Å²) >= 11 is 0. The molecule has 0 aliphatic rings. The van der Waals surface area contributed by atoms with Crippen molar-refractivity contribution in [2.24, 2.45) is 0 Å². The highest BCUT2D eigenvalue weighted by molar-refractivity contribution is 5.55. The number of fused-ring (bicyclic) bond motifs is 1. The third-order valence-electron chi connectivity index (χ3n) is 2.66. The van der Waals surface area contributed by atoms with E-state index in [1.165, 1.54) is 5.56 Å². The van der Waals surface area contributed by atoms with Crippen LogP contribution >= 0.6 is 0 Å². The fourth-order valence-electron chi connectivity index (χ4n) is 1.79. The van der Waals surface area contributed by atoms with Crippen molar-refractivity contribution in [1.82, 2.24) is 14.9 Å². The van der Waals surface area contributed by atoms with Crippen LogP contribution in [0.1, 0.15) is 24.9 Å². The Morgan fingerprint density at radius 1 is 1.50 bits per heavy atom. The second kappa shape index (κ2) is 4.82. The fourth-order valence-corrected chi connectivity index (χ4v) is 1.79. The van der Waals surface area contributed by atoms with Gasteiger partial charge in [0.25, 0.3) is 0 Å². The molecule has 1 N–H and O–H groups in total. The molecule has 0 radical (unpaired) electrons. The summed E-state index contributed by atoms with van der Waals surface area (Å²) in [5.41, 5.74) is 2.34. The van der Waals surface area contributed by atoms with Gasteiger partial charge in [-0.3, -0.25) is 0 Å². The summed E-state index contributed by atoms with van der Waals surface area (Å²) < 4.78 is 1.89. The van der Waals surface area contributed by atoms with Crippen LogP contribution in [0.4, 0.5) is 0 Å².